The van der Waals surface area contributed by atoms with E-state index in [1.807, 2.05) is 26.8 Å². The van der Waals surface area contributed by atoms with Crippen LogP contribution < -0.4 is 4.74 Å². The van der Waals surface area contributed by atoms with Crippen molar-refractivity contribution in [1.29, 1.82) is 0 Å². The van der Waals surface area contributed by atoms with Gasteiger partial charge in [-0.2, -0.15) is 0 Å². The van der Waals surface area contributed by atoms with E-state index in [9.17, 15) is 8.78 Å². The Morgan fingerprint density at radius 2 is 1.78 bits per heavy atom. The Morgan fingerprint density at radius 3 is 2.22 bits per heavy atom. The maximum Gasteiger partial charge on any atom is 0.279 e. The fraction of sp³-hybridized carbons (Fsp3) is 0.600. The summed E-state index contributed by atoms with van der Waals surface area (Å²) in [6.07, 6.45) is 1.21. The average molecular weight is 254 g/mol. The number of rotatable bonds is 3. The van der Waals surface area contributed by atoms with Crippen molar-refractivity contribution >= 4 is 0 Å². The molecule has 0 atom stereocenters. The molecule has 0 heterocycles. The number of halogens is 2. The molecule has 2 rings (SSSR count). The predicted octanol–water partition coefficient (Wildman–Crippen LogP) is 4.49. The van der Waals surface area contributed by atoms with Crippen molar-refractivity contribution in [3.05, 3.63) is 29.3 Å². The molecule has 1 aromatic rings. The molecule has 0 bridgehead atoms. The molecule has 0 unspecified atom stereocenters. The molecule has 0 spiro atoms. The maximum absolute atomic E-state index is 14.3. The highest BCUT2D eigenvalue weighted by Crippen LogP contribution is 2.52. The third kappa shape index (κ3) is 2.36. The molecular weight excluding hydrogens is 234 g/mol. The van der Waals surface area contributed by atoms with E-state index >= 15 is 0 Å². The van der Waals surface area contributed by atoms with Crippen LogP contribution in [0.5, 0.6) is 5.75 Å². The van der Waals surface area contributed by atoms with Gasteiger partial charge in [-0.3, -0.25) is 0 Å². The van der Waals surface area contributed by atoms with Crippen molar-refractivity contribution in [2.75, 3.05) is 7.11 Å². The van der Waals surface area contributed by atoms with E-state index < -0.39 is 11.8 Å². The van der Waals surface area contributed by atoms with Crippen LogP contribution in [0.3, 0.4) is 0 Å². The van der Waals surface area contributed by atoms with E-state index in [1.165, 1.54) is 7.11 Å². The van der Waals surface area contributed by atoms with Crippen molar-refractivity contribution in [3.8, 4) is 5.75 Å². The zero-order valence-corrected chi connectivity index (χ0v) is 11.4. The molecule has 3 heteroatoms. The number of hydrogen-bond donors (Lipinski definition) is 0. The van der Waals surface area contributed by atoms with Gasteiger partial charge >= 0.3 is 0 Å². The topological polar surface area (TPSA) is 9.23 Å². The summed E-state index contributed by atoms with van der Waals surface area (Å²) >= 11 is 0. The summed E-state index contributed by atoms with van der Waals surface area (Å²) in [7, 11) is 1.44. The van der Waals surface area contributed by atoms with Crippen LogP contribution in [0.2, 0.25) is 0 Å². The lowest BCUT2D eigenvalue weighted by Gasteiger charge is -2.24. The smallest absolute Gasteiger partial charge is 0.279 e. The summed E-state index contributed by atoms with van der Waals surface area (Å²) in [6.45, 7) is 6.07. The molecule has 1 aliphatic carbocycles. The lowest BCUT2D eigenvalue weighted by Crippen LogP contribution is -2.19. The van der Waals surface area contributed by atoms with Crippen molar-refractivity contribution < 1.29 is 13.5 Å². The summed E-state index contributed by atoms with van der Waals surface area (Å²) in [5.41, 5.74) is 0.819. The quantitative estimate of drug-likeness (QED) is 0.772. The van der Waals surface area contributed by atoms with E-state index in [2.05, 4.69) is 0 Å². The van der Waals surface area contributed by atoms with Gasteiger partial charge in [0.2, 0.25) is 0 Å². The number of methoxy groups -OCH3 is 1. The minimum absolute atomic E-state index is 0.0416. The maximum atomic E-state index is 14.3. The van der Waals surface area contributed by atoms with Gasteiger partial charge in [-0.05, 0) is 36.0 Å². The minimum atomic E-state index is -2.77. The third-order valence-electron chi connectivity index (χ3n) is 3.51. The molecule has 0 aromatic heterocycles. The second-order valence-electron chi connectivity index (χ2n) is 6.06. The first-order valence-corrected chi connectivity index (χ1v) is 6.33. The number of hydrogen-bond acceptors (Lipinski definition) is 1. The van der Waals surface area contributed by atoms with E-state index in [4.69, 9.17) is 4.74 Å². The summed E-state index contributed by atoms with van der Waals surface area (Å²) in [5, 5.41) is 0. The van der Waals surface area contributed by atoms with Crippen LogP contribution in [-0.4, -0.2) is 7.11 Å². The molecule has 0 amide bonds. The highest BCUT2D eigenvalue weighted by atomic mass is 19.3. The molecule has 0 N–H and O–H groups in total. The second kappa shape index (κ2) is 4.22. The van der Waals surface area contributed by atoms with E-state index in [0.717, 1.165) is 5.56 Å². The largest absolute Gasteiger partial charge is 0.496 e. The lowest BCUT2D eigenvalue weighted by molar-refractivity contribution is -0.0305. The van der Waals surface area contributed by atoms with Gasteiger partial charge in [0.1, 0.15) is 5.75 Å². The summed E-state index contributed by atoms with van der Waals surface area (Å²) in [4.78, 5) is 0. The van der Waals surface area contributed by atoms with Crippen LogP contribution in [0.1, 0.15) is 44.7 Å². The van der Waals surface area contributed by atoms with Gasteiger partial charge in [0, 0.05) is 5.92 Å². The third-order valence-corrected chi connectivity index (χ3v) is 3.51. The molecule has 1 fully saturated rings. The van der Waals surface area contributed by atoms with Crippen LogP contribution in [0.25, 0.3) is 0 Å². The molecule has 100 valence electrons. The van der Waals surface area contributed by atoms with Crippen molar-refractivity contribution in [1.82, 2.24) is 0 Å². The van der Waals surface area contributed by atoms with Gasteiger partial charge in [-0.25, -0.2) is 8.78 Å². The molecule has 0 radical (unpaired) electrons. The Hall–Kier alpha value is -1.12. The Kier molecular flexibility index (Phi) is 3.12. The van der Waals surface area contributed by atoms with Gasteiger partial charge in [-0.15, -0.1) is 0 Å². The van der Waals surface area contributed by atoms with E-state index in [-0.39, 0.29) is 11.0 Å². The summed E-state index contributed by atoms with van der Waals surface area (Å²) in [5.74, 6) is -2.99. The Bertz CT molecular complexity index is 442. The molecule has 0 saturated heterocycles. The predicted molar refractivity (Wildman–Crippen MR) is 68.3 cm³/mol. The highest BCUT2D eigenvalue weighted by molar-refractivity contribution is 5.43. The number of benzene rings is 1. The van der Waals surface area contributed by atoms with Gasteiger partial charge in [-0.1, -0.05) is 26.8 Å². The van der Waals surface area contributed by atoms with Gasteiger partial charge < -0.3 is 4.74 Å². The zero-order valence-electron chi connectivity index (χ0n) is 11.4. The standard InChI is InChI=1S/C15H20F2O/c1-14(2,3)11-7-8-13(18-4)12(9-11)15(16,17)10-5-6-10/h7-10H,5-6H2,1-4H3. The van der Waals surface area contributed by atoms with Crippen molar-refractivity contribution in [2.45, 2.75) is 45.0 Å². The van der Waals surface area contributed by atoms with E-state index in [0.29, 0.717) is 18.6 Å². The average Bonchev–Trinajstić information content (AvgIpc) is 3.10. The van der Waals surface area contributed by atoms with Crippen LogP contribution >= 0.6 is 0 Å². The molecule has 1 aromatic carbocycles. The first kappa shape index (κ1) is 13.3. The van der Waals surface area contributed by atoms with Crippen molar-refractivity contribution in [2.24, 2.45) is 5.92 Å². The summed E-state index contributed by atoms with van der Waals surface area (Å²) in [6, 6.07) is 5.13. The van der Waals surface area contributed by atoms with Crippen LogP contribution in [0.15, 0.2) is 18.2 Å². The molecule has 1 aliphatic rings. The molecule has 1 saturated carbocycles. The highest BCUT2D eigenvalue weighted by Gasteiger charge is 2.49. The zero-order chi connectivity index (χ0) is 13.6. The Labute approximate surface area is 107 Å². The monoisotopic (exact) mass is 254 g/mol. The molecule has 18 heavy (non-hydrogen) atoms. The first-order chi connectivity index (χ1) is 8.26. The number of ether oxygens (including phenoxy) is 1. The van der Waals surface area contributed by atoms with Crippen LogP contribution in [0.4, 0.5) is 8.78 Å². The van der Waals surface area contributed by atoms with E-state index in [1.54, 1.807) is 12.1 Å². The molecule has 1 nitrogen and oxygen atoms in total. The number of alkyl halides is 2. The SMILES string of the molecule is COc1ccc(C(C)(C)C)cc1C(F)(F)C1CC1. The first-order valence-electron chi connectivity index (χ1n) is 6.33. The van der Waals surface area contributed by atoms with Gasteiger partial charge in [0.25, 0.3) is 5.92 Å². The summed E-state index contributed by atoms with van der Waals surface area (Å²) < 4.78 is 33.7. The minimum Gasteiger partial charge on any atom is -0.496 e. The van der Waals surface area contributed by atoms with Gasteiger partial charge in [0.05, 0.1) is 12.7 Å². The van der Waals surface area contributed by atoms with Crippen LogP contribution in [-0.2, 0) is 11.3 Å². The fourth-order valence-corrected chi connectivity index (χ4v) is 2.10. The van der Waals surface area contributed by atoms with Gasteiger partial charge in [0.15, 0.2) is 0 Å². The molecular formula is C15H20F2O. The van der Waals surface area contributed by atoms with Crippen molar-refractivity contribution in [3.63, 3.8) is 0 Å². The second-order valence-corrected chi connectivity index (χ2v) is 6.06. The molecule has 0 aliphatic heterocycles. The fourth-order valence-electron chi connectivity index (χ4n) is 2.10. The lowest BCUT2D eigenvalue weighted by atomic mass is 9.85. The van der Waals surface area contributed by atoms with Crippen LogP contribution in [0, 0.1) is 5.92 Å². The normalized spacial score (nSPS) is 16.8. The Balaban J connectivity index is 2.49. The Morgan fingerprint density at radius 1 is 1.17 bits per heavy atom.